The zero-order valence-corrected chi connectivity index (χ0v) is 95.8. The van der Waals surface area contributed by atoms with Crippen molar-refractivity contribution in [3.8, 4) is 11.4 Å². The van der Waals surface area contributed by atoms with Crippen molar-refractivity contribution in [1.29, 1.82) is 0 Å². The van der Waals surface area contributed by atoms with E-state index in [0.717, 1.165) is 42.6 Å². The molecule has 0 saturated carbocycles. The number of anilines is 4. The Bertz CT molecular complexity index is 2860. The Balaban J connectivity index is 1.66. The SMILES string of the molecule is CCCCCCCCCCCCCCCCCCCc1cc(Nc2nc(Nc3cc(CCCCCCCCCCCCCCCCCCC)c(CCCCCCCCCCCCCCCCCCC)c(CCCCCCCCCCCCCCCCCCC)c3)nc(-c3cc[c]cc3)n2)cc(CCCCCCCCCCCCCCCCCCC)c1CCCCCCCCCCCCCCCCCCC. The summed E-state index contributed by atoms with van der Waals surface area (Å²) in [5.74, 6) is 1.99. The molecule has 0 spiro atoms. The lowest BCUT2D eigenvalue weighted by molar-refractivity contribution is 0.525. The summed E-state index contributed by atoms with van der Waals surface area (Å²) in [6.45, 7) is 14.0. The van der Waals surface area contributed by atoms with E-state index in [-0.39, 0.29) is 0 Å². The van der Waals surface area contributed by atoms with Gasteiger partial charge in [0.05, 0.1) is 0 Å². The number of nitrogens with one attached hydrogen (secondary N) is 2. The highest BCUT2D eigenvalue weighted by molar-refractivity contribution is 5.66. The first-order valence-corrected chi connectivity index (χ1v) is 65.1. The number of nitrogens with zero attached hydrogens (tertiary/aromatic N) is 3. The number of benzene rings is 3. The maximum Gasteiger partial charge on any atom is 0.232 e. The molecule has 1 heterocycles. The van der Waals surface area contributed by atoms with Crippen molar-refractivity contribution >= 4 is 23.3 Å². The van der Waals surface area contributed by atoms with Crippen LogP contribution in [0.1, 0.15) is 730 Å². The van der Waals surface area contributed by atoms with Gasteiger partial charge in [-0.1, -0.05) is 682 Å². The lowest BCUT2D eigenvalue weighted by Crippen LogP contribution is -2.09. The smallest absolute Gasteiger partial charge is 0.232 e. The fourth-order valence-electron chi connectivity index (χ4n) is 22.9. The summed E-state index contributed by atoms with van der Waals surface area (Å²) < 4.78 is 0. The van der Waals surface area contributed by atoms with Gasteiger partial charge < -0.3 is 10.6 Å². The molecule has 140 heavy (non-hydrogen) atoms. The molecule has 0 amide bonds. The maximum absolute atomic E-state index is 5.52. The third-order valence-corrected chi connectivity index (χ3v) is 32.3. The van der Waals surface area contributed by atoms with E-state index < -0.39 is 0 Å². The second kappa shape index (κ2) is 102. The Hall–Kier alpha value is -3.73. The molecule has 0 aliphatic heterocycles. The largest absolute Gasteiger partial charge is 0.324 e. The molecule has 0 saturated heterocycles. The third kappa shape index (κ3) is 78.5. The first-order valence-electron chi connectivity index (χ1n) is 65.1. The molecule has 1 radical (unpaired) electrons. The molecule has 0 atom stereocenters. The van der Waals surface area contributed by atoms with E-state index in [9.17, 15) is 0 Å². The van der Waals surface area contributed by atoms with E-state index in [0.29, 0.717) is 17.7 Å². The number of aromatic nitrogens is 3. The van der Waals surface area contributed by atoms with Crippen LogP contribution in [0.25, 0.3) is 11.4 Å². The van der Waals surface area contributed by atoms with Gasteiger partial charge in [-0.2, -0.15) is 15.0 Å². The van der Waals surface area contributed by atoms with Gasteiger partial charge in [-0.25, -0.2) is 0 Å². The van der Waals surface area contributed by atoms with Crippen LogP contribution in [0, 0.1) is 6.07 Å². The first-order chi connectivity index (χ1) is 69.5. The van der Waals surface area contributed by atoms with Crippen LogP contribution in [0.3, 0.4) is 0 Å². The van der Waals surface area contributed by atoms with Gasteiger partial charge in [-0.3, -0.25) is 0 Å². The van der Waals surface area contributed by atoms with Gasteiger partial charge in [0, 0.05) is 16.9 Å². The van der Waals surface area contributed by atoms with Crippen LogP contribution in [0.5, 0.6) is 0 Å². The number of hydrogen-bond donors (Lipinski definition) is 2. The van der Waals surface area contributed by atoms with Crippen LogP contribution < -0.4 is 10.6 Å². The van der Waals surface area contributed by atoms with Crippen molar-refractivity contribution < 1.29 is 0 Å². The van der Waals surface area contributed by atoms with Crippen LogP contribution in [-0.2, 0) is 38.5 Å². The Labute approximate surface area is 877 Å². The van der Waals surface area contributed by atoms with E-state index in [1.807, 2.05) is 12.1 Å². The van der Waals surface area contributed by atoms with Gasteiger partial charge in [0.25, 0.3) is 0 Å². The van der Waals surface area contributed by atoms with Crippen LogP contribution in [0.2, 0.25) is 0 Å². The number of rotatable bonds is 113. The normalized spacial score (nSPS) is 11.7. The quantitative estimate of drug-likeness (QED) is 0.0431. The maximum atomic E-state index is 5.52. The average molecular weight is 1940 g/mol. The van der Waals surface area contributed by atoms with Crippen LogP contribution in [0.4, 0.5) is 23.3 Å². The van der Waals surface area contributed by atoms with Gasteiger partial charge in [0.15, 0.2) is 5.82 Å². The van der Waals surface area contributed by atoms with Crippen molar-refractivity contribution in [2.24, 2.45) is 0 Å². The third-order valence-electron chi connectivity index (χ3n) is 32.3. The van der Waals surface area contributed by atoms with Gasteiger partial charge in [0.1, 0.15) is 0 Å². The van der Waals surface area contributed by atoms with Gasteiger partial charge in [-0.15, -0.1) is 0 Å². The zero-order chi connectivity index (χ0) is 99.2. The molecule has 4 rings (SSSR count). The van der Waals surface area contributed by atoms with E-state index in [2.05, 4.69) is 94.6 Å². The minimum atomic E-state index is 0.640. The minimum Gasteiger partial charge on any atom is -0.324 e. The summed E-state index contributed by atoms with van der Waals surface area (Å²) >= 11 is 0. The van der Waals surface area contributed by atoms with Gasteiger partial charge >= 0.3 is 0 Å². The second-order valence-corrected chi connectivity index (χ2v) is 45.8. The summed E-state index contributed by atoms with van der Waals surface area (Å²) in [6, 6.07) is 22.0. The Morgan fingerprint density at radius 1 is 0.164 bits per heavy atom. The van der Waals surface area contributed by atoms with E-state index in [1.165, 1.54) is 668 Å². The van der Waals surface area contributed by atoms with Gasteiger partial charge in [-0.05, 0) is 141 Å². The molecule has 0 aliphatic carbocycles. The number of aryl methyl sites for hydroxylation is 4. The summed E-state index contributed by atoms with van der Waals surface area (Å²) in [5.41, 5.74) is 13.1. The molecule has 1 aromatic heterocycles. The molecular formula is C135H244N5. The number of unbranched alkanes of at least 4 members (excludes halogenated alkanes) is 96. The molecule has 2 N–H and O–H groups in total. The predicted molar refractivity (Wildman–Crippen MR) is 631 cm³/mol. The Kier molecular flexibility index (Phi) is 94.1. The molecule has 0 unspecified atom stereocenters. The fraction of sp³-hybridized carbons (Fsp3) is 0.844. The highest BCUT2D eigenvalue weighted by Crippen LogP contribution is 2.35. The molecule has 4 aromatic rings. The lowest BCUT2D eigenvalue weighted by Gasteiger charge is -2.20. The van der Waals surface area contributed by atoms with Gasteiger partial charge in [0.2, 0.25) is 11.9 Å². The molecule has 5 nitrogen and oxygen atoms in total. The molecular weight excluding hydrogens is 1690 g/mol. The number of hydrogen-bond acceptors (Lipinski definition) is 5. The van der Waals surface area contributed by atoms with E-state index >= 15 is 0 Å². The molecule has 5 heteroatoms. The molecule has 0 aliphatic rings. The minimum absolute atomic E-state index is 0.640. The summed E-state index contributed by atoms with van der Waals surface area (Å²) in [4.78, 5) is 16.4. The summed E-state index contributed by atoms with van der Waals surface area (Å²) in [7, 11) is 0. The van der Waals surface area contributed by atoms with Crippen molar-refractivity contribution in [3.63, 3.8) is 0 Å². The highest BCUT2D eigenvalue weighted by atomic mass is 15.2. The summed E-state index contributed by atoms with van der Waals surface area (Å²) in [5, 5.41) is 8.05. The zero-order valence-electron chi connectivity index (χ0n) is 95.8. The molecule has 3 aromatic carbocycles. The molecule has 0 bridgehead atoms. The van der Waals surface area contributed by atoms with Crippen molar-refractivity contribution in [1.82, 2.24) is 15.0 Å². The fourth-order valence-corrected chi connectivity index (χ4v) is 22.9. The Morgan fingerprint density at radius 3 is 0.450 bits per heavy atom. The average Bonchev–Trinajstić information content (AvgIpc) is 0.806. The topological polar surface area (TPSA) is 62.7 Å². The lowest BCUT2D eigenvalue weighted by atomic mass is 9.89. The standard InChI is InChI=1S/C135H244N5/c1-7-13-19-25-31-37-43-49-55-61-67-73-79-85-91-97-104-114-125-120-129(121-126(115-105-98-92-86-80-74-68-62-56-50-44-38-32-26-20-14-8-2)131(125)118-110-101-95-89-83-77-71-65-59-53-47-41-35-29-23-17-11-5)136-134-138-133(124-112-108-103-109-113-124)139-135(140-134)137-130-122-127(116-106-99-93-87-81-75-69-63-57-51-45-39-33-27-21-15-9-3)132(119-111-102-96-90-84-78-72-66-60-54-48-42-36-30-24-18-12-6)128(123-130)117-107-100-94-88-82-76-70-64-58-52-46-40-34-28-22-16-10-4/h108-109,112-113,120-123H,7-102,104-107,110-111,114-119H2,1-6H3,(H2,136,137,138,139,140). The van der Waals surface area contributed by atoms with Crippen LogP contribution in [-0.4, -0.2) is 15.0 Å². The van der Waals surface area contributed by atoms with Crippen molar-refractivity contribution in [2.45, 2.75) is 735 Å². The first kappa shape index (κ1) is 129. The van der Waals surface area contributed by atoms with Crippen molar-refractivity contribution in [2.75, 3.05) is 10.6 Å². The van der Waals surface area contributed by atoms with E-state index in [1.54, 1.807) is 33.4 Å². The predicted octanol–water partition coefficient (Wildman–Crippen LogP) is 48.0. The van der Waals surface area contributed by atoms with Crippen LogP contribution >= 0.6 is 0 Å². The highest BCUT2D eigenvalue weighted by Gasteiger charge is 2.19. The molecule has 0 fully saturated rings. The Morgan fingerprint density at radius 2 is 0.300 bits per heavy atom. The monoisotopic (exact) mass is 1940 g/mol. The second-order valence-electron chi connectivity index (χ2n) is 45.8. The van der Waals surface area contributed by atoms with E-state index in [4.69, 9.17) is 15.0 Å². The van der Waals surface area contributed by atoms with Crippen molar-refractivity contribution in [3.05, 3.63) is 88.0 Å². The molecule has 809 valence electrons. The van der Waals surface area contributed by atoms with Crippen LogP contribution in [0.15, 0.2) is 48.5 Å². The summed E-state index contributed by atoms with van der Waals surface area (Å²) in [6.07, 6.45) is 151.